The Morgan fingerprint density at radius 3 is 2.40 bits per heavy atom. The molecule has 2 heterocycles. The zero-order chi connectivity index (χ0) is 14.0. The van der Waals surface area contributed by atoms with Crippen LogP contribution in [0.5, 0.6) is 11.5 Å². The highest BCUT2D eigenvalue weighted by atomic mass is 16.8. The molecular formula is C16H23NO3. The van der Waals surface area contributed by atoms with Gasteiger partial charge in [-0.2, -0.15) is 0 Å². The van der Waals surface area contributed by atoms with Crippen molar-refractivity contribution in [3.8, 4) is 11.5 Å². The number of hydrogen-bond acceptors (Lipinski definition) is 4. The minimum atomic E-state index is -0.727. The molecule has 2 aliphatic rings. The molecule has 1 atom stereocenters. The summed E-state index contributed by atoms with van der Waals surface area (Å²) in [5, 5.41) is 0. The van der Waals surface area contributed by atoms with E-state index in [9.17, 15) is 0 Å². The lowest BCUT2D eigenvalue weighted by molar-refractivity contribution is -0.163. The second-order valence-corrected chi connectivity index (χ2v) is 5.73. The third kappa shape index (κ3) is 2.76. The molecule has 1 unspecified atom stereocenters. The van der Waals surface area contributed by atoms with Crippen LogP contribution in [0.25, 0.3) is 0 Å². The average molecular weight is 277 g/mol. The smallest absolute Gasteiger partial charge is 0.274 e. The average Bonchev–Trinajstić information content (AvgIpc) is 3.05. The molecule has 0 aliphatic carbocycles. The quantitative estimate of drug-likeness (QED) is 0.828. The van der Waals surface area contributed by atoms with E-state index >= 15 is 0 Å². The fraction of sp³-hybridized carbons (Fsp3) is 0.625. The minimum Gasteiger partial charge on any atom is -0.446 e. The Labute approximate surface area is 120 Å². The van der Waals surface area contributed by atoms with Crippen molar-refractivity contribution in [1.29, 1.82) is 0 Å². The summed E-state index contributed by atoms with van der Waals surface area (Å²) in [5.74, 6) is 0.865. The molecule has 0 spiro atoms. The van der Waals surface area contributed by atoms with Gasteiger partial charge in [0.2, 0.25) is 0 Å². The molecule has 0 radical (unpaired) electrons. The fourth-order valence-corrected chi connectivity index (χ4v) is 2.76. The molecule has 1 aromatic carbocycles. The summed E-state index contributed by atoms with van der Waals surface area (Å²) < 4.78 is 17.8. The first-order chi connectivity index (χ1) is 9.67. The van der Waals surface area contributed by atoms with Gasteiger partial charge < -0.3 is 19.1 Å². The van der Waals surface area contributed by atoms with Crippen LogP contribution < -0.4 is 9.47 Å². The number of fused-ring (bicyclic) bond motifs is 1. The lowest BCUT2D eigenvalue weighted by Gasteiger charge is -2.30. The lowest BCUT2D eigenvalue weighted by Crippen LogP contribution is -2.47. The molecule has 110 valence electrons. The molecule has 20 heavy (non-hydrogen) atoms. The first kappa shape index (κ1) is 13.7. The Kier molecular flexibility index (Phi) is 3.85. The van der Waals surface area contributed by atoms with Gasteiger partial charge in [-0.15, -0.1) is 0 Å². The maximum atomic E-state index is 5.93. The van der Waals surface area contributed by atoms with Crippen LogP contribution in [0.15, 0.2) is 24.3 Å². The molecule has 0 bridgehead atoms. The molecule has 3 rings (SSSR count). The highest BCUT2D eigenvalue weighted by molar-refractivity contribution is 5.42. The predicted octanol–water partition coefficient (Wildman–Crippen LogP) is 2.67. The van der Waals surface area contributed by atoms with Gasteiger partial charge in [-0.25, -0.2) is 0 Å². The first-order valence-corrected chi connectivity index (χ1v) is 7.48. The number of ether oxygens (including phenoxy) is 3. The van der Waals surface area contributed by atoms with Crippen molar-refractivity contribution in [2.24, 2.45) is 0 Å². The van der Waals surface area contributed by atoms with Gasteiger partial charge in [0.05, 0.1) is 6.61 Å². The number of rotatable bonds is 5. The zero-order valence-corrected chi connectivity index (χ0v) is 12.3. The highest BCUT2D eigenvalue weighted by Crippen LogP contribution is 2.40. The van der Waals surface area contributed by atoms with Crippen molar-refractivity contribution < 1.29 is 14.2 Å². The first-order valence-electron chi connectivity index (χ1n) is 7.48. The van der Waals surface area contributed by atoms with Crippen molar-refractivity contribution in [3.05, 3.63) is 24.3 Å². The van der Waals surface area contributed by atoms with Crippen molar-refractivity contribution in [1.82, 2.24) is 4.90 Å². The summed E-state index contributed by atoms with van der Waals surface area (Å²) in [6.45, 7) is 8.07. The molecule has 4 nitrogen and oxygen atoms in total. The van der Waals surface area contributed by atoms with E-state index in [4.69, 9.17) is 14.2 Å². The van der Waals surface area contributed by atoms with Crippen molar-refractivity contribution >= 4 is 0 Å². The Bertz CT molecular complexity index is 432. The van der Waals surface area contributed by atoms with Crippen LogP contribution >= 0.6 is 0 Å². The van der Waals surface area contributed by atoms with Crippen LogP contribution in [0.4, 0.5) is 0 Å². The molecular weight excluding hydrogens is 254 g/mol. The summed E-state index contributed by atoms with van der Waals surface area (Å²) in [5.41, 5.74) is 0. The maximum Gasteiger partial charge on any atom is 0.274 e. The van der Waals surface area contributed by atoms with Crippen molar-refractivity contribution in [2.75, 3.05) is 26.2 Å². The monoisotopic (exact) mass is 277 g/mol. The summed E-state index contributed by atoms with van der Waals surface area (Å²) in [4.78, 5) is 2.44. The van der Waals surface area contributed by atoms with Gasteiger partial charge in [-0.1, -0.05) is 12.1 Å². The SMILES string of the molecule is CC(OCCN1CCCC1)C1(C)Oc2ccccc2O1. The van der Waals surface area contributed by atoms with Crippen LogP contribution in [0.3, 0.4) is 0 Å². The van der Waals surface area contributed by atoms with E-state index in [1.807, 2.05) is 38.1 Å². The van der Waals surface area contributed by atoms with Crippen LogP contribution in [0.2, 0.25) is 0 Å². The van der Waals surface area contributed by atoms with E-state index in [2.05, 4.69) is 4.90 Å². The predicted molar refractivity (Wildman–Crippen MR) is 77.2 cm³/mol. The van der Waals surface area contributed by atoms with E-state index in [-0.39, 0.29) is 6.10 Å². The molecule has 4 heteroatoms. The van der Waals surface area contributed by atoms with E-state index in [0.717, 1.165) is 24.7 Å². The normalized spacial score (nSPS) is 22.1. The van der Waals surface area contributed by atoms with Gasteiger partial charge in [-0.05, 0) is 45.0 Å². The van der Waals surface area contributed by atoms with E-state index in [1.54, 1.807) is 0 Å². The minimum absolute atomic E-state index is 0.113. The van der Waals surface area contributed by atoms with Gasteiger partial charge in [-0.3, -0.25) is 0 Å². The Morgan fingerprint density at radius 2 is 1.80 bits per heavy atom. The second kappa shape index (κ2) is 5.62. The number of nitrogens with zero attached hydrogens (tertiary/aromatic N) is 1. The topological polar surface area (TPSA) is 30.9 Å². The van der Waals surface area contributed by atoms with Crippen LogP contribution in [-0.4, -0.2) is 43.0 Å². The van der Waals surface area contributed by atoms with E-state index in [1.165, 1.54) is 25.9 Å². The Morgan fingerprint density at radius 1 is 1.20 bits per heavy atom. The van der Waals surface area contributed by atoms with Gasteiger partial charge in [0.15, 0.2) is 11.5 Å². The van der Waals surface area contributed by atoms with Crippen molar-refractivity contribution in [2.45, 2.75) is 38.6 Å². The summed E-state index contributed by atoms with van der Waals surface area (Å²) in [6.07, 6.45) is 2.52. The maximum absolute atomic E-state index is 5.93. The van der Waals surface area contributed by atoms with Gasteiger partial charge in [0.1, 0.15) is 6.10 Å². The van der Waals surface area contributed by atoms with Crippen LogP contribution in [0, 0.1) is 0 Å². The molecule has 2 aliphatic heterocycles. The highest BCUT2D eigenvalue weighted by Gasteiger charge is 2.42. The molecule has 1 aromatic rings. The largest absolute Gasteiger partial charge is 0.446 e. The van der Waals surface area contributed by atoms with Crippen LogP contribution in [-0.2, 0) is 4.74 Å². The number of para-hydroxylation sites is 2. The van der Waals surface area contributed by atoms with Gasteiger partial charge in [0.25, 0.3) is 5.79 Å². The second-order valence-electron chi connectivity index (χ2n) is 5.73. The van der Waals surface area contributed by atoms with E-state index < -0.39 is 5.79 Å². The van der Waals surface area contributed by atoms with E-state index in [0.29, 0.717) is 0 Å². The summed E-state index contributed by atoms with van der Waals surface area (Å²) >= 11 is 0. The molecule has 1 saturated heterocycles. The van der Waals surface area contributed by atoms with Crippen molar-refractivity contribution in [3.63, 3.8) is 0 Å². The van der Waals surface area contributed by atoms with Crippen LogP contribution in [0.1, 0.15) is 26.7 Å². The zero-order valence-electron chi connectivity index (χ0n) is 12.3. The number of hydrogen-bond donors (Lipinski definition) is 0. The summed E-state index contributed by atoms with van der Waals surface area (Å²) in [6, 6.07) is 7.76. The molecule has 1 fully saturated rings. The lowest BCUT2D eigenvalue weighted by atomic mass is 10.2. The Hall–Kier alpha value is -1.26. The number of likely N-dealkylation sites (tertiary alicyclic amines) is 1. The third-order valence-electron chi connectivity index (χ3n) is 4.19. The number of benzene rings is 1. The molecule has 0 aromatic heterocycles. The van der Waals surface area contributed by atoms with Gasteiger partial charge in [0, 0.05) is 13.5 Å². The fourth-order valence-electron chi connectivity index (χ4n) is 2.76. The van der Waals surface area contributed by atoms with Gasteiger partial charge >= 0.3 is 0 Å². The molecule has 0 saturated carbocycles. The molecule has 0 amide bonds. The summed E-state index contributed by atoms with van der Waals surface area (Å²) in [7, 11) is 0. The third-order valence-corrected chi connectivity index (χ3v) is 4.19. The standard InChI is InChI=1S/C16H23NO3/c1-13(18-12-11-17-9-5-6-10-17)16(2)19-14-7-3-4-8-15(14)20-16/h3-4,7-8,13H,5-6,9-12H2,1-2H3. The molecule has 0 N–H and O–H groups in total. The Balaban J connectivity index is 1.51.